The molecule has 5 rings (SSSR count). The lowest BCUT2D eigenvalue weighted by molar-refractivity contribution is 0.0653. The van der Waals surface area contributed by atoms with Crippen molar-refractivity contribution in [2.75, 3.05) is 31.2 Å². The first-order valence-corrected chi connectivity index (χ1v) is 10.9. The number of aromatic nitrogens is 2. The zero-order valence-electron chi connectivity index (χ0n) is 17.2. The van der Waals surface area contributed by atoms with Gasteiger partial charge in [-0.3, -0.25) is 4.68 Å². The predicted octanol–water partition coefficient (Wildman–Crippen LogP) is 2.72. The van der Waals surface area contributed by atoms with Crippen LogP contribution < -0.4 is 10.2 Å². The molecule has 3 aliphatic heterocycles. The van der Waals surface area contributed by atoms with E-state index >= 15 is 0 Å². The number of ether oxygens (including phenoxy) is 1. The van der Waals surface area contributed by atoms with Crippen LogP contribution in [0, 0.1) is 16.7 Å². The van der Waals surface area contributed by atoms with Gasteiger partial charge in [0, 0.05) is 62.6 Å². The number of nitrogens with zero attached hydrogens (tertiary/aromatic N) is 4. The van der Waals surface area contributed by atoms with E-state index in [1.165, 1.54) is 22.5 Å². The summed E-state index contributed by atoms with van der Waals surface area (Å²) in [6.07, 6.45) is 7.89. The zero-order valence-corrected chi connectivity index (χ0v) is 17.2. The fourth-order valence-electron chi connectivity index (χ4n) is 5.17. The quantitative estimate of drug-likeness (QED) is 0.788. The highest BCUT2D eigenvalue weighted by atomic mass is 16.5. The Labute approximate surface area is 174 Å². The lowest BCUT2D eigenvalue weighted by atomic mass is 9.65. The molecule has 1 saturated heterocycles. The van der Waals surface area contributed by atoms with Crippen molar-refractivity contribution in [3.05, 3.63) is 34.1 Å². The molecular formula is C22H28BN5O. The van der Waals surface area contributed by atoms with Crippen LogP contribution in [-0.2, 0) is 17.7 Å². The highest BCUT2D eigenvalue weighted by molar-refractivity contribution is 6.23. The molecule has 1 aromatic heterocycles. The van der Waals surface area contributed by atoms with Gasteiger partial charge in [0.1, 0.15) is 7.85 Å². The normalized spacial score (nSPS) is 27.9. The van der Waals surface area contributed by atoms with Crippen molar-refractivity contribution in [1.29, 1.82) is 5.26 Å². The molecule has 7 heteroatoms. The molecule has 0 spiro atoms. The number of nitrogens with one attached hydrogen (secondary N) is 1. The lowest BCUT2D eigenvalue weighted by Crippen LogP contribution is -2.36. The van der Waals surface area contributed by atoms with Crippen molar-refractivity contribution < 1.29 is 4.74 Å². The SMILES string of the molecule is [B]C1=CC2=C(CC1(C)C#N)N(c1nn(C3CCOCC3)c3c1CNCC3)CCC2. The van der Waals surface area contributed by atoms with Crippen LogP contribution in [0.5, 0.6) is 0 Å². The summed E-state index contributed by atoms with van der Waals surface area (Å²) >= 11 is 0. The van der Waals surface area contributed by atoms with E-state index in [2.05, 4.69) is 21.0 Å². The molecule has 0 saturated carbocycles. The summed E-state index contributed by atoms with van der Waals surface area (Å²) < 4.78 is 7.89. The maximum atomic E-state index is 9.78. The van der Waals surface area contributed by atoms with Crippen LogP contribution in [0.3, 0.4) is 0 Å². The maximum Gasteiger partial charge on any atom is 0.159 e. The van der Waals surface area contributed by atoms with Crippen molar-refractivity contribution >= 4 is 13.7 Å². The summed E-state index contributed by atoms with van der Waals surface area (Å²) in [5.74, 6) is 1.08. The maximum absolute atomic E-state index is 9.78. The highest BCUT2D eigenvalue weighted by Gasteiger charge is 2.37. The van der Waals surface area contributed by atoms with Crippen molar-refractivity contribution in [3.63, 3.8) is 0 Å². The Morgan fingerprint density at radius 2 is 2.17 bits per heavy atom. The van der Waals surface area contributed by atoms with Gasteiger partial charge in [-0.2, -0.15) is 10.4 Å². The second-order valence-electron chi connectivity index (χ2n) is 8.91. The van der Waals surface area contributed by atoms with Crippen LogP contribution in [0.25, 0.3) is 0 Å². The van der Waals surface area contributed by atoms with Crippen molar-refractivity contribution in [1.82, 2.24) is 15.1 Å². The number of anilines is 1. The first-order valence-electron chi connectivity index (χ1n) is 10.9. The van der Waals surface area contributed by atoms with E-state index in [-0.39, 0.29) is 0 Å². The summed E-state index contributed by atoms with van der Waals surface area (Å²) in [7, 11) is 6.27. The Morgan fingerprint density at radius 1 is 1.34 bits per heavy atom. The number of rotatable bonds is 2. The molecule has 0 amide bonds. The molecule has 4 heterocycles. The fourth-order valence-corrected chi connectivity index (χ4v) is 5.17. The average Bonchev–Trinajstić information content (AvgIpc) is 3.14. The van der Waals surface area contributed by atoms with Crippen LogP contribution in [0.2, 0.25) is 0 Å². The summed E-state index contributed by atoms with van der Waals surface area (Å²) in [5.41, 5.74) is 5.27. The Kier molecular flexibility index (Phi) is 4.80. The number of fused-ring (bicyclic) bond motifs is 1. The molecule has 1 aromatic rings. The van der Waals surface area contributed by atoms with Crippen molar-refractivity contribution in [2.45, 2.75) is 58.0 Å². The Hall–Kier alpha value is -2.04. The Bertz CT molecular complexity index is 920. The van der Waals surface area contributed by atoms with Gasteiger partial charge in [0.25, 0.3) is 0 Å². The molecule has 150 valence electrons. The molecule has 4 aliphatic rings. The summed E-state index contributed by atoms with van der Waals surface area (Å²) in [6, 6.07) is 2.87. The smallest absolute Gasteiger partial charge is 0.159 e. The second kappa shape index (κ2) is 7.34. The third-order valence-electron chi connectivity index (χ3n) is 6.99. The zero-order chi connectivity index (χ0) is 20.0. The van der Waals surface area contributed by atoms with Crippen molar-refractivity contribution in [2.24, 2.45) is 5.41 Å². The Balaban J connectivity index is 1.58. The van der Waals surface area contributed by atoms with E-state index in [0.717, 1.165) is 70.8 Å². The minimum absolute atomic E-state index is 0.425. The molecule has 1 N–H and O–H groups in total. The topological polar surface area (TPSA) is 66.1 Å². The number of allylic oxidation sites excluding steroid dienone is 4. The number of hydrogen-bond acceptors (Lipinski definition) is 5. The summed E-state index contributed by atoms with van der Waals surface area (Å²) in [4.78, 5) is 2.39. The van der Waals surface area contributed by atoms with Gasteiger partial charge in [-0.25, -0.2) is 0 Å². The van der Waals surface area contributed by atoms with Crippen LogP contribution in [0.1, 0.15) is 56.3 Å². The van der Waals surface area contributed by atoms with Gasteiger partial charge in [0.05, 0.1) is 17.5 Å². The van der Waals surface area contributed by atoms with Crippen molar-refractivity contribution in [3.8, 4) is 6.07 Å². The van der Waals surface area contributed by atoms with E-state index in [1.54, 1.807) is 0 Å². The highest BCUT2D eigenvalue weighted by Crippen LogP contribution is 2.44. The van der Waals surface area contributed by atoms with E-state index in [4.69, 9.17) is 17.7 Å². The largest absolute Gasteiger partial charge is 0.381 e. The van der Waals surface area contributed by atoms with E-state index < -0.39 is 5.41 Å². The number of nitriles is 1. The van der Waals surface area contributed by atoms with Gasteiger partial charge in [0.2, 0.25) is 0 Å². The summed E-state index contributed by atoms with van der Waals surface area (Å²) in [6.45, 7) is 6.40. The van der Waals surface area contributed by atoms with Gasteiger partial charge in [0.15, 0.2) is 5.82 Å². The monoisotopic (exact) mass is 389 g/mol. The lowest BCUT2D eigenvalue weighted by Gasteiger charge is -2.39. The summed E-state index contributed by atoms with van der Waals surface area (Å²) in [5, 5.41) is 18.5. The van der Waals surface area contributed by atoms with Gasteiger partial charge in [-0.1, -0.05) is 11.5 Å². The first kappa shape index (κ1) is 19.0. The molecule has 1 unspecified atom stereocenters. The number of hydrogen-bond donors (Lipinski definition) is 1. The predicted molar refractivity (Wildman–Crippen MR) is 113 cm³/mol. The van der Waals surface area contributed by atoms with Gasteiger partial charge < -0.3 is 15.0 Å². The van der Waals surface area contributed by atoms with Crippen LogP contribution in [-0.4, -0.2) is 43.9 Å². The van der Waals surface area contributed by atoms with Gasteiger partial charge in [-0.15, -0.1) is 0 Å². The minimum Gasteiger partial charge on any atom is -0.381 e. The minimum atomic E-state index is -0.643. The van der Waals surface area contributed by atoms with Crippen LogP contribution in [0.4, 0.5) is 5.82 Å². The standard InChI is InChI=1S/C22H28BN5O/c1-22(14-24)12-19-15(11-20(22)23)3-2-8-27(19)21-17-13-25-7-4-18(17)28(26-21)16-5-9-29-10-6-16/h11,16,25H,2-10,12-13H2,1H3. The van der Waals surface area contributed by atoms with Crippen LogP contribution in [0.15, 0.2) is 22.8 Å². The third-order valence-corrected chi connectivity index (χ3v) is 6.99. The van der Waals surface area contributed by atoms with E-state index in [1.807, 2.05) is 13.0 Å². The third kappa shape index (κ3) is 3.14. The Morgan fingerprint density at radius 3 is 2.97 bits per heavy atom. The van der Waals surface area contributed by atoms with E-state index in [0.29, 0.717) is 17.9 Å². The molecule has 1 atom stereocenters. The van der Waals surface area contributed by atoms with Gasteiger partial charge >= 0.3 is 0 Å². The molecule has 0 bridgehead atoms. The molecule has 29 heavy (non-hydrogen) atoms. The van der Waals surface area contributed by atoms with Crippen LogP contribution >= 0.6 is 0 Å². The van der Waals surface area contributed by atoms with Gasteiger partial charge in [-0.05, 0) is 38.2 Å². The fraction of sp³-hybridized carbons (Fsp3) is 0.636. The molecule has 1 aliphatic carbocycles. The molecular weight excluding hydrogens is 361 g/mol. The molecule has 6 nitrogen and oxygen atoms in total. The average molecular weight is 389 g/mol. The second-order valence-corrected chi connectivity index (χ2v) is 8.91. The first-order chi connectivity index (χ1) is 14.1. The molecule has 0 aromatic carbocycles. The molecule has 2 radical (unpaired) electrons. The molecule has 1 fully saturated rings. The van der Waals surface area contributed by atoms with E-state index in [9.17, 15) is 5.26 Å².